The summed E-state index contributed by atoms with van der Waals surface area (Å²) in [6.45, 7) is 4.00. The van der Waals surface area contributed by atoms with Crippen molar-refractivity contribution >= 4 is 29.2 Å². The van der Waals surface area contributed by atoms with E-state index in [0.717, 1.165) is 0 Å². The third-order valence-corrected chi connectivity index (χ3v) is 0.642. The van der Waals surface area contributed by atoms with Crippen molar-refractivity contribution in [2.75, 3.05) is 0 Å². The summed E-state index contributed by atoms with van der Waals surface area (Å²) in [5.41, 5.74) is 0. The van der Waals surface area contributed by atoms with Crippen molar-refractivity contribution < 1.29 is 51.4 Å². The third kappa shape index (κ3) is 10.7. The molecule has 1 N–H and O–H groups in total. The second kappa shape index (κ2) is 6.86. The van der Waals surface area contributed by atoms with E-state index in [2.05, 4.69) is 30.2 Å². The van der Waals surface area contributed by atoms with Gasteiger partial charge in [0.1, 0.15) is 0 Å². The molecule has 0 aromatic rings. The molecule has 0 spiro atoms. The number of rotatable bonds is 1. The van der Waals surface area contributed by atoms with E-state index < -0.39 is 0 Å². The van der Waals surface area contributed by atoms with Crippen molar-refractivity contribution in [2.24, 2.45) is 0 Å². The maximum Gasteiger partial charge on any atom is 1.00 e. The summed E-state index contributed by atoms with van der Waals surface area (Å²) < 4.78 is 0.454. The fourth-order valence-electron chi connectivity index (χ4n) is 0.236. The van der Waals surface area contributed by atoms with Crippen molar-refractivity contribution in [1.29, 1.82) is 0 Å². The van der Waals surface area contributed by atoms with Crippen molar-refractivity contribution in [1.82, 2.24) is 5.32 Å². The topological polar surface area (TPSA) is 12.0 Å². The third-order valence-electron chi connectivity index (χ3n) is 0.407. The van der Waals surface area contributed by atoms with Crippen molar-refractivity contribution in [2.45, 2.75) is 19.9 Å². The summed E-state index contributed by atoms with van der Waals surface area (Å²) in [7, 11) is 0. The average Bonchev–Trinajstić information content (AvgIpc) is 1.27. The Bertz CT molecular complexity index is 74.4. The first-order valence-electron chi connectivity index (χ1n) is 2.10. The van der Waals surface area contributed by atoms with Crippen LogP contribution in [0.15, 0.2) is 0 Å². The van der Waals surface area contributed by atoms with Gasteiger partial charge < -0.3 is 30.2 Å². The summed E-state index contributed by atoms with van der Waals surface area (Å²) in [6, 6.07) is 0.380. The number of thiocarbonyl (C=S) groups is 1. The standard InChI is InChI=1S/C4H9NS2.K/c1-3(2)5-4(6)7;/h3H,1-2H3,(H2,5,6,7);/q;+1/p-1. The molecule has 8 heavy (non-hydrogen) atoms. The van der Waals surface area contributed by atoms with Crippen LogP contribution in [0.1, 0.15) is 13.8 Å². The second-order valence-electron chi connectivity index (χ2n) is 1.59. The molecule has 0 saturated carbocycles. The molecule has 0 saturated heterocycles. The number of nitrogens with one attached hydrogen (secondary N) is 1. The van der Waals surface area contributed by atoms with Crippen molar-refractivity contribution in [3.63, 3.8) is 0 Å². The van der Waals surface area contributed by atoms with Crippen LogP contribution in [0.4, 0.5) is 0 Å². The van der Waals surface area contributed by atoms with E-state index in [1.807, 2.05) is 13.8 Å². The monoisotopic (exact) mass is 173 g/mol. The fraction of sp³-hybridized carbons (Fsp3) is 0.750. The molecule has 0 radical (unpaired) electrons. The normalized spacial score (nSPS) is 7.88. The van der Waals surface area contributed by atoms with Gasteiger partial charge in [-0.2, -0.15) is 0 Å². The average molecular weight is 173 g/mol. The molecule has 0 aromatic carbocycles. The van der Waals surface area contributed by atoms with Gasteiger partial charge >= 0.3 is 51.4 Å². The minimum Gasteiger partial charge on any atom is -0.412 e. The molecule has 0 aliphatic carbocycles. The Balaban J connectivity index is 0. The summed E-state index contributed by atoms with van der Waals surface area (Å²) in [5, 5.41) is 2.85. The minimum atomic E-state index is 0. The van der Waals surface area contributed by atoms with Gasteiger partial charge in [-0.15, -0.1) is 0 Å². The van der Waals surface area contributed by atoms with Gasteiger partial charge in [0.05, 0.1) is 0 Å². The zero-order valence-corrected chi connectivity index (χ0v) is 10.1. The smallest absolute Gasteiger partial charge is 0.412 e. The Morgan fingerprint density at radius 1 is 1.62 bits per heavy atom. The van der Waals surface area contributed by atoms with Gasteiger partial charge in [-0.3, -0.25) is 0 Å². The predicted molar refractivity (Wildman–Crippen MR) is 38.2 cm³/mol. The molecule has 4 heteroatoms. The van der Waals surface area contributed by atoms with E-state index in [9.17, 15) is 0 Å². The Labute approximate surface area is 104 Å². The summed E-state index contributed by atoms with van der Waals surface area (Å²) >= 11 is 9.15. The molecule has 0 heterocycles. The van der Waals surface area contributed by atoms with Gasteiger partial charge in [0.15, 0.2) is 0 Å². The molecule has 42 valence electrons. The maximum absolute atomic E-state index is 4.58. The van der Waals surface area contributed by atoms with Crippen LogP contribution < -0.4 is 56.7 Å². The van der Waals surface area contributed by atoms with Crippen LogP contribution in [-0.4, -0.2) is 10.4 Å². The first-order valence-corrected chi connectivity index (χ1v) is 2.92. The van der Waals surface area contributed by atoms with Gasteiger partial charge in [0.25, 0.3) is 0 Å². The number of hydrogen-bond donors (Lipinski definition) is 1. The van der Waals surface area contributed by atoms with Gasteiger partial charge in [0, 0.05) is 6.04 Å². The molecule has 0 rings (SSSR count). The molecule has 0 aliphatic heterocycles. The van der Waals surface area contributed by atoms with E-state index in [4.69, 9.17) is 0 Å². The van der Waals surface area contributed by atoms with E-state index >= 15 is 0 Å². The van der Waals surface area contributed by atoms with Crippen LogP contribution in [0.2, 0.25) is 0 Å². The predicted octanol–water partition coefficient (Wildman–Crippen LogP) is -2.18. The molecule has 0 aliphatic rings. The van der Waals surface area contributed by atoms with Crippen LogP contribution >= 0.6 is 12.2 Å². The molecule has 0 amide bonds. The Kier molecular flexibility index (Phi) is 10.7. The number of hydrogen-bond acceptors (Lipinski definition) is 2. The Morgan fingerprint density at radius 2 is 2.00 bits per heavy atom. The van der Waals surface area contributed by atoms with Crippen LogP contribution in [0, 0.1) is 0 Å². The van der Waals surface area contributed by atoms with Crippen molar-refractivity contribution in [3.8, 4) is 0 Å². The van der Waals surface area contributed by atoms with E-state index in [1.165, 1.54) is 0 Å². The molecule has 1 nitrogen and oxygen atoms in total. The van der Waals surface area contributed by atoms with E-state index in [1.54, 1.807) is 0 Å². The fourth-order valence-corrected chi connectivity index (χ4v) is 0.707. The van der Waals surface area contributed by atoms with Crippen LogP contribution in [0.25, 0.3) is 0 Å². The molecule has 0 fully saturated rings. The zero-order valence-electron chi connectivity index (χ0n) is 5.39. The van der Waals surface area contributed by atoms with Crippen LogP contribution in [0.3, 0.4) is 0 Å². The maximum atomic E-state index is 4.58. The van der Waals surface area contributed by atoms with E-state index in [-0.39, 0.29) is 51.4 Å². The summed E-state index contributed by atoms with van der Waals surface area (Å²) in [5.74, 6) is 0. The molecule has 0 aromatic heterocycles. The van der Waals surface area contributed by atoms with Gasteiger partial charge in [0.2, 0.25) is 0 Å². The molecular formula is C4H8KNS2. The Morgan fingerprint density at radius 3 is 2.00 bits per heavy atom. The Hall–Kier alpha value is 1.75. The van der Waals surface area contributed by atoms with Crippen LogP contribution in [-0.2, 0) is 12.6 Å². The summed E-state index contributed by atoms with van der Waals surface area (Å²) in [6.07, 6.45) is 0. The van der Waals surface area contributed by atoms with Crippen LogP contribution in [0.5, 0.6) is 0 Å². The largest absolute Gasteiger partial charge is 1.00 e. The SMILES string of the molecule is CC(C)NC(=S)[S-].[K+]. The zero-order chi connectivity index (χ0) is 5.86. The first kappa shape index (κ1) is 12.4. The second-order valence-corrected chi connectivity index (χ2v) is 2.66. The van der Waals surface area contributed by atoms with Gasteiger partial charge in [-0.1, -0.05) is 4.32 Å². The molecule has 0 atom stereocenters. The van der Waals surface area contributed by atoms with Gasteiger partial charge in [-0.05, 0) is 13.8 Å². The van der Waals surface area contributed by atoms with Crippen molar-refractivity contribution in [3.05, 3.63) is 0 Å². The summed E-state index contributed by atoms with van der Waals surface area (Å²) in [4.78, 5) is 0. The van der Waals surface area contributed by atoms with E-state index in [0.29, 0.717) is 10.4 Å². The molecule has 0 unspecified atom stereocenters. The minimum absolute atomic E-state index is 0. The van der Waals surface area contributed by atoms with Gasteiger partial charge in [-0.25, -0.2) is 0 Å². The molecule has 0 bridgehead atoms. The first-order chi connectivity index (χ1) is 3.13. The quantitative estimate of drug-likeness (QED) is 0.275. The molecular weight excluding hydrogens is 165 g/mol.